The van der Waals surface area contributed by atoms with Gasteiger partial charge in [-0.3, -0.25) is 14.6 Å². The number of amidine groups is 1. The van der Waals surface area contributed by atoms with E-state index in [4.69, 9.17) is 0 Å². The fourth-order valence-corrected chi connectivity index (χ4v) is 3.75. The van der Waals surface area contributed by atoms with Crippen LogP contribution in [0.3, 0.4) is 0 Å². The van der Waals surface area contributed by atoms with E-state index >= 15 is 0 Å². The van der Waals surface area contributed by atoms with E-state index in [2.05, 4.69) is 34.1 Å². The monoisotopic (exact) mass is 463 g/mol. The maximum atomic E-state index is 12.7. The molecule has 8 nitrogen and oxygen atoms in total. The molecule has 170 valence electrons. The highest BCUT2D eigenvalue weighted by molar-refractivity contribution is 7.03. The van der Waals surface area contributed by atoms with E-state index in [1.165, 1.54) is 3.96 Å². The molecule has 0 atom stereocenters. The number of nitrogens with zero attached hydrogens (tertiary/aromatic N) is 2. The van der Waals surface area contributed by atoms with E-state index < -0.39 is 10.6 Å². The zero-order valence-corrected chi connectivity index (χ0v) is 19.2. The van der Waals surface area contributed by atoms with Crippen LogP contribution in [0.15, 0.2) is 82.0 Å². The summed E-state index contributed by atoms with van der Waals surface area (Å²) in [5.41, 5.74) is 3.47. The number of aliphatic imine (C=N–C) groups is 1. The van der Waals surface area contributed by atoms with Crippen LogP contribution in [-0.2, 0) is 13.0 Å². The molecule has 0 aliphatic carbocycles. The standard InChI is InChI=1S/C24H25N5O3S/c1-4-6-13-25-16(3)26-21-14-20(12-11-18(21)5-2)27-22(30)19-9-7-17(8-10-19)15-29-23(31)28-24(32)33-29/h4,6-14H,1,5,15H2,2-3H3,(H,25,26)(H,27,30)(H,28,31,32)/b13-6-. The van der Waals surface area contributed by atoms with Crippen LogP contribution < -0.4 is 21.2 Å². The quantitative estimate of drug-likeness (QED) is 0.267. The zero-order valence-electron chi connectivity index (χ0n) is 18.4. The summed E-state index contributed by atoms with van der Waals surface area (Å²) in [6, 6.07) is 12.6. The van der Waals surface area contributed by atoms with Crippen molar-refractivity contribution in [1.82, 2.24) is 8.94 Å². The van der Waals surface area contributed by atoms with Crippen molar-refractivity contribution in [3.63, 3.8) is 0 Å². The van der Waals surface area contributed by atoms with Gasteiger partial charge in [0.2, 0.25) is 0 Å². The summed E-state index contributed by atoms with van der Waals surface area (Å²) in [4.78, 5) is 41.8. The molecule has 2 aromatic carbocycles. The molecule has 33 heavy (non-hydrogen) atoms. The fraction of sp³-hybridized carbons (Fsp3) is 0.167. The summed E-state index contributed by atoms with van der Waals surface area (Å²) in [6.07, 6.45) is 5.88. The van der Waals surface area contributed by atoms with Crippen molar-refractivity contribution in [3.05, 3.63) is 104 Å². The highest BCUT2D eigenvalue weighted by Crippen LogP contribution is 2.22. The average Bonchev–Trinajstić information content (AvgIpc) is 3.11. The Morgan fingerprint density at radius 1 is 1.18 bits per heavy atom. The minimum Gasteiger partial charge on any atom is -0.344 e. The number of hydrogen-bond acceptors (Lipinski definition) is 5. The number of amides is 1. The molecule has 0 aliphatic rings. The van der Waals surface area contributed by atoms with Crippen molar-refractivity contribution in [3.8, 4) is 0 Å². The molecule has 0 radical (unpaired) electrons. The van der Waals surface area contributed by atoms with E-state index in [9.17, 15) is 14.4 Å². The van der Waals surface area contributed by atoms with E-state index in [1.54, 1.807) is 42.6 Å². The molecule has 0 aliphatic heterocycles. The molecule has 1 aromatic heterocycles. The van der Waals surface area contributed by atoms with Gasteiger partial charge >= 0.3 is 10.6 Å². The second-order valence-corrected chi connectivity index (χ2v) is 8.13. The van der Waals surface area contributed by atoms with Gasteiger partial charge in [0.1, 0.15) is 5.84 Å². The third kappa shape index (κ3) is 6.50. The van der Waals surface area contributed by atoms with Crippen LogP contribution in [-0.4, -0.2) is 20.7 Å². The predicted molar refractivity (Wildman–Crippen MR) is 135 cm³/mol. The van der Waals surface area contributed by atoms with Crippen molar-refractivity contribution < 1.29 is 4.79 Å². The number of nitrogens with one attached hydrogen (secondary N) is 3. The second-order valence-electron chi connectivity index (χ2n) is 7.14. The Morgan fingerprint density at radius 2 is 1.94 bits per heavy atom. The Morgan fingerprint density at radius 3 is 2.58 bits per heavy atom. The molecule has 0 saturated heterocycles. The Balaban J connectivity index is 1.71. The van der Waals surface area contributed by atoms with Crippen LogP contribution in [0, 0.1) is 0 Å². The number of hydrogen-bond donors (Lipinski definition) is 3. The molecule has 0 unspecified atom stereocenters. The summed E-state index contributed by atoms with van der Waals surface area (Å²) in [7, 11) is 0. The first kappa shape index (κ1) is 23.7. The van der Waals surface area contributed by atoms with Crippen LogP contribution in [0.5, 0.6) is 0 Å². The van der Waals surface area contributed by atoms with Crippen LogP contribution in [0.25, 0.3) is 0 Å². The van der Waals surface area contributed by atoms with Crippen LogP contribution >= 0.6 is 11.5 Å². The van der Waals surface area contributed by atoms with E-state index in [1.807, 2.05) is 25.1 Å². The maximum Gasteiger partial charge on any atom is 0.338 e. The number of aromatic nitrogens is 2. The number of carbonyl (C=O) groups excluding carboxylic acids is 1. The van der Waals surface area contributed by atoms with Gasteiger partial charge in [0.25, 0.3) is 5.91 Å². The van der Waals surface area contributed by atoms with Crippen molar-refractivity contribution in [2.24, 2.45) is 4.99 Å². The SMILES string of the molecule is C=C/C=C\N=C(C)Nc1cc(NC(=O)c2ccc(Cn3sc(=O)[nH]c3=O)cc2)ccc1CC. The normalized spacial score (nSPS) is 11.5. The molecule has 3 N–H and O–H groups in total. The maximum absolute atomic E-state index is 12.7. The third-order valence-electron chi connectivity index (χ3n) is 4.73. The lowest BCUT2D eigenvalue weighted by Crippen LogP contribution is -2.17. The number of H-pyrrole nitrogens is 1. The molecule has 3 aromatic rings. The largest absolute Gasteiger partial charge is 0.344 e. The number of carbonyl (C=O) groups is 1. The second kappa shape index (κ2) is 11.1. The van der Waals surface area contributed by atoms with Crippen LogP contribution in [0.2, 0.25) is 0 Å². The lowest BCUT2D eigenvalue weighted by Gasteiger charge is -2.13. The minimum absolute atomic E-state index is 0.250. The first-order valence-corrected chi connectivity index (χ1v) is 11.1. The van der Waals surface area contributed by atoms with Crippen LogP contribution in [0.4, 0.5) is 11.4 Å². The Kier molecular flexibility index (Phi) is 7.93. The molecule has 9 heteroatoms. The number of benzene rings is 2. The summed E-state index contributed by atoms with van der Waals surface area (Å²) in [5.74, 6) is 0.466. The highest BCUT2D eigenvalue weighted by atomic mass is 32.1. The lowest BCUT2D eigenvalue weighted by molar-refractivity contribution is 0.102. The zero-order chi connectivity index (χ0) is 23.8. The summed E-state index contributed by atoms with van der Waals surface area (Å²) >= 11 is 0.827. The van der Waals surface area contributed by atoms with Gasteiger partial charge in [-0.15, -0.1) is 0 Å². The Bertz CT molecular complexity index is 1310. The van der Waals surface area contributed by atoms with Crippen molar-refractivity contribution in [1.29, 1.82) is 0 Å². The molecule has 0 saturated carbocycles. The topological polar surface area (TPSA) is 108 Å². The fourth-order valence-electron chi connectivity index (χ4n) is 3.07. The summed E-state index contributed by atoms with van der Waals surface area (Å²) < 4.78 is 1.33. The molecule has 0 spiro atoms. The van der Waals surface area contributed by atoms with Gasteiger partial charge in [-0.2, -0.15) is 0 Å². The molecule has 3 rings (SSSR count). The van der Waals surface area contributed by atoms with Crippen LogP contribution in [0.1, 0.15) is 35.3 Å². The first-order valence-electron chi connectivity index (χ1n) is 10.3. The van der Waals surface area contributed by atoms with Crippen molar-refractivity contribution in [2.75, 3.05) is 10.6 Å². The van der Waals surface area contributed by atoms with E-state index in [0.29, 0.717) is 17.1 Å². The van der Waals surface area contributed by atoms with Crippen molar-refractivity contribution in [2.45, 2.75) is 26.8 Å². The molecular formula is C24H25N5O3S. The van der Waals surface area contributed by atoms with E-state index in [-0.39, 0.29) is 12.5 Å². The van der Waals surface area contributed by atoms with Gasteiger partial charge in [-0.1, -0.05) is 37.8 Å². The number of anilines is 2. The molecule has 1 heterocycles. The van der Waals surface area contributed by atoms with Gasteiger partial charge in [0, 0.05) is 34.7 Å². The van der Waals surface area contributed by atoms with Gasteiger partial charge < -0.3 is 10.6 Å². The molecule has 0 bridgehead atoms. The minimum atomic E-state index is -0.441. The van der Waals surface area contributed by atoms with Crippen molar-refractivity contribution >= 4 is 34.7 Å². The van der Waals surface area contributed by atoms with Gasteiger partial charge in [0.05, 0.1) is 6.54 Å². The Hall–Kier alpha value is -3.98. The van der Waals surface area contributed by atoms with Gasteiger partial charge in [-0.25, -0.2) is 13.7 Å². The van der Waals surface area contributed by atoms with E-state index in [0.717, 1.165) is 34.8 Å². The van der Waals surface area contributed by atoms with Gasteiger partial charge in [0.15, 0.2) is 0 Å². The number of rotatable bonds is 8. The average molecular weight is 464 g/mol. The lowest BCUT2D eigenvalue weighted by atomic mass is 10.1. The summed E-state index contributed by atoms with van der Waals surface area (Å²) in [6.45, 7) is 7.80. The number of aryl methyl sites for hydroxylation is 1. The number of aromatic amines is 1. The molecule has 0 fully saturated rings. The third-order valence-corrected chi connectivity index (χ3v) is 5.51. The number of allylic oxidation sites excluding steroid dienone is 2. The smallest absolute Gasteiger partial charge is 0.338 e. The summed E-state index contributed by atoms with van der Waals surface area (Å²) in [5, 5.41) is 6.18. The molecule has 1 amide bonds. The highest BCUT2D eigenvalue weighted by Gasteiger charge is 2.10. The Labute approximate surface area is 195 Å². The molecular weight excluding hydrogens is 438 g/mol. The van der Waals surface area contributed by atoms with Gasteiger partial charge in [-0.05, 0) is 54.8 Å². The first-order chi connectivity index (χ1) is 15.9. The predicted octanol–water partition coefficient (Wildman–Crippen LogP) is 3.99.